The minimum atomic E-state index is -2.62. The number of hydrogen-bond acceptors (Lipinski definition) is 4. The van der Waals surface area contributed by atoms with Crippen molar-refractivity contribution >= 4 is 23.0 Å². The number of carboxylic acid groups (broad SMARTS) is 1. The van der Waals surface area contributed by atoms with Crippen molar-refractivity contribution in [2.45, 2.75) is 6.43 Å². The van der Waals surface area contributed by atoms with Crippen molar-refractivity contribution in [3.8, 4) is 0 Å². The van der Waals surface area contributed by atoms with Gasteiger partial charge in [-0.1, -0.05) is 0 Å². The molecule has 0 aromatic carbocycles. The monoisotopic (exact) mass is 275 g/mol. The number of carboxylic acids is 1. The van der Waals surface area contributed by atoms with Crippen LogP contribution in [0, 0.1) is 5.41 Å². The molecule has 0 aliphatic carbocycles. The minimum absolute atomic E-state index is 0.000363. The smallest absolute Gasteiger partial charge is 0.348 e. The molecule has 98 valence electrons. The third-order valence-electron chi connectivity index (χ3n) is 3.35. The predicted molar refractivity (Wildman–Crippen MR) is 61.7 cm³/mol. The van der Waals surface area contributed by atoms with Gasteiger partial charge in [-0.25, -0.2) is 13.6 Å². The van der Waals surface area contributed by atoms with E-state index in [1.165, 1.54) is 6.07 Å². The number of anilines is 1. The molecule has 7 heteroatoms. The molecule has 1 N–H and O–H groups in total. The molecule has 1 spiro atoms. The Morgan fingerprint density at radius 1 is 1.50 bits per heavy atom. The van der Waals surface area contributed by atoms with Gasteiger partial charge in [-0.05, 0) is 6.07 Å². The highest BCUT2D eigenvalue weighted by Crippen LogP contribution is 2.44. The summed E-state index contributed by atoms with van der Waals surface area (Å²) in [6.45, 7) is 2.73. The van der Waals surface area contributed by atoms with Gasteiger partial charge in [-0.2, -0.15) is 0 Å². The molecule has 0 bridgehead atoms. The van der Waals surface area contributed by atoms with E-state index in [-0.39, 0.29) is 15.2 Å². The van der Waals surface area contributed by atoms with Crippen LogP contribution in [-0.4, -0.2) is 37.4 Å². The SMILES string of the molecule is O=C(O)c1sc(C(F)F)cc1N1CC2(COC2)C1. The van der Waals surface area contributed by atoms with Crippen LogP contribution in [0.25, 0.3) is 0 Å². The first-order valence-corrected chi connectivity index (χ1v) is 6.30. The minimum Gasteiger partial charge on any atom is -0.477 e. The van der Waals surface area contributed by atoms with Crippen LogP contribution in [0.5, 0.6) is 0 Å². The van der Waals surface area contributed by atoms with Gasteiger partial charge in [0.2, 0.25) is 0 Å². The molecule has 0 unspecified atom stereocenters. The molecule has 4 nitrogen and oxygen atoms in total. The van der Waals surface area contributed by atoms with Crippen LogP contribution in [0.1, 0.15) is 21.0 Å². The van der Waals surface area contributed by atoms with Crippen molar-refractivity contribution in [3.05, 3.63) is 15.8 Å². The van der Waals surface area contributed by atoms with Crippen molar-refractivity contribution < 1.29 is 23.4 Å². The summed E-state index contributed by atoms with van der Waals surface area (Å²) in [5, 5.41) is 9.04. The van der Waals surface area contributed by atoms with E-state index < -0.39 is 12.4 Å². The van der Waals surface area contributed by atoms with E-state index in [0.717, 1.165) is 0 Å². The van der Waals surface area contributed by atoms with Crippen molar-refractivity contribution in [2.75, 3.05) is 31.2 Å². The Hall–Kier alpha value is -1.21. The summed E-state index contributed by atoms with van der Waals surface area (Å²) in [5.74, 6) is -1.15. The van der Waals surface area contributed by atoms with Crippen molar-refractivity contribution in [3.63, 3.8) is 0 Å². The Morgan fingerprint density at radius 3 is 2.61 bits per heavy atom. The lowest BCUT2D eigenvalue weighted by Crippen LogP contribution is -2.66. The summed E-state index contributed by atoms with van der Waals surface area (Å²) in [4.78, 5) is 12.7. The third-order valence-corrected chi connectivity index (χ3v) is 4.47. The van der Waals surface area contributed by atoms with E-state index in [1.54, 1.807) is 0 Å². The second kappa shape index (κ2) is 3.89. The predicted octanol–water partition coefficient (Wildman–Crippen LogP) is 2.22. The molecule has 0 saturated carbocycles. The van der Waals surface area contributed by atoms with E-state index in [4.69, 9.17) is 9.84 Å². The Morgan fingerprint density at radius 2 is 2.17 bits per heavy atom. The number of ether oxygens (including phenoxy) is 1. The number of carbonyl (C=O) groups is 1. The molecule has 2 aliphatic rings. The van der Waals surface area contributed by atoms with E-state index in [2.05, 4.69) is 0 Å². The van der Waals surface area contributed by atoms with Gasteiger partial charge >= 0.3 is 5.97 Å². The quantitative estimate of drug-likeness (QED) is 0.919. The lowest BCUT2D eigenvalue weighted by molar-refractivity contribution is -0.127. The molecular weight excluding hydrogens is 264 g/mol. The highest BCUT2D eigenvalue weighted by atomic mass is 32.1. The molecular formula is C11H11F2NO3S. The second-order valence-electron chi connectivity index (χ2n) is 4.82. The molecule has 2 saturated heterocycles. The van der Waals surface area contributed by atoms with Gasteiger partial charge in [-0.3, -0.25) is 0 Å². The maximum atomic E-state index is 12.6. The van der Waals surface area contributed by atoms with E-state index in [1.807, 2.05) is 4.90 Å². The maximum Gasteiger partial charge on any atom is 0.348 e. The normalized spacial score (nSPS) is 20.9. The lowest BCUT2D eigenvalue weighted by atomic mass is 9.78. The maximum absolute atomic E-state index is 12.6. The highest BCUT2D eigenvalue weighted by molar-refractivity contribution is 7.14. The average Bonchev–Trinajstić information content (AvgIpc) is 2.57. The number of halogens is 2. The van der Waals surface area contributed by atoms with Crippen molar-refractivity contribution in [1.29, 1.82) is 0 Å². The highest BCUT2D eigenvalue weighted by Gasteiger charge is 2.50. The van der Waals surface area contributed by atoms with E-state index in [0.29, 0.717) is 43.3 Å². The lowest BCUT2D eigenvalue weighted by Gasteiger charge is -2.55. The topological polar surface area (TPSA) is 49.8 Å². The Kier molecular flexibility index (Phi) is 2.56. The first-order valence-electron chi connectivity index (χ1n) is 5.49. The summed E-state index contributed by atoms with van der Waals surface area (Å²) in [6.07, 6.45) is -2.62. The average molecular weight is 275 g/mol. The standard InChI is InChI=1S/C11H11F2NO3S/c12-9(13)7-1-6(8(18-7)10(15)16)14-2-11(3-14)4-17-5-11/h1,9H,2-5H2,(H,15,16). The van der Waals surface area contributed by atoms with Gasteiger partial charge < -0.3 is 14.7 Å². The summed E-state index contributed by atoms with van der Waals surface area (Å²) in [6, 6.07) is 1.30. The number of alkyl halides is 2. The number of rotatable bonds is 3. The summed E-state index contributed by atoms with van der Waals surface area (Å²) < 4.78 is 30.4. The molecule has 3 rings (SSSR count). The number of nitrogens with zero attached hydrogens (tertiary/aromatic N) is 1. The van der Waals surface area contributed by atoms with Gasteiger partial charge in [0.05, 0.1) is 29.2 Å². The molecule has 3 heterocycles. The van der Waals surface area contributed by atoms with Crippen LogP contribution in [0.3, 0.4) is 0 Å². The zero-order valence-electron chi connectivity index (χ0n) is 9.36. The summed E-state index contributed by atoms with van der Waals surface area (Å²) in [7, 11) is 0. The number of thiophene rings is 1. The third kappa shape index (κ3) is 1.69. The molecule has 2 fully saturated rings. The number of aromatic carboxylic acids is 1. The van der Waals surface area contributed by atoms with Gasteiger partial charge in [0.25, 0.3) is 6.43 Å². The summed E-state index contributed by atoms with van der Waals surface area (Å²) in [5.41, 5.74) is 0.545. The van der Waals surface area contributed by atoms with Crippen molar-refractivity contribution in [2.24, 2.45) is 5.41 Å². The van der Waals surface area contributed by atoms with Crippen LogP contribution < -0.4 is 4.90 Å². The Labute approximate surface area is 106 Å². The van der Waals surface area contributed by atoms with Crippen LogP contribution in [0.4, 0.5) is 14.5 Å². The molecule has 2 aliphatic heterocycles. The largest absolute Gasteiger partial charge is 0.477 e. The fourth-order valence-electron chi connectivity index (χ4n) is 2.40. The van der Waals surface area contributed by atoms with Crippen LogP contribution in [0.2, 0.25) is 0 Å². The van der Waals surface area contributed by atoms with E-state index >= 15 is 0 Å². The van der Waals surface area contributed by atoms with Gasteiger partial charge in [0.15, 0.2) is 0 Å². The second-order valence-corrected chi connectivity index (χ2v) is 5.90. The zero-order chi connectivity index (χ0) is 12.9. The zero-order valence-corrected chi connectivity index (χ0v) is 10.2. The van der Waals surface area contributed by atoms with Crippen LogP contribution >= 0.6 is 11.3 Å². The Bertz CT molecular complexity index is 490. The number of hydrogen-bond donors (Lipinski definition) is 1. The molecule has 1 aromatic heterocycles. The van der Waals surface area contributed by atoms with Gasteiger partial charge in [0, 0.05) is 13.1 Å². The first kappa shape index (κ1) is 11.9. The molecule has 1 aromatic rings. The first-order chi connectivity index (χ1) is 8.51. The summed E-state index contributed by atoms with van der Waals surface area (Å²) >= 11 is 0.657. The van der Waals surface area contributed by atoms with Crippen LogP contribution in [0.15, 0.2) is 6.07 Å². The molecule has 0 radical (unpaired) electrons. The van der Waals surface area contributed by atoms with Crippen molar-refractivity contribution in [1.82, 2.24) is 0 Å². The fraction of sp³-hybridized carbons (Fsp3) is 0.545. The fourth-order valence-corrected chi connectivity index (χ4v) is 3.28. The molecule has 18 heavy (non-hydrogen) atoms. The van der Waals surface area contributed by atoms with E-state index in [9.17, 15) is 13.6 Å². The van der Waals surface area contributed by atoms with Gasteiger partial charge in [0.1, 0.15) is 4.88 Å². The Balaban J connectivity index is 1.84. The van der Waals surface area contributed by atoms with Crippen LogP contribution in [-0.2, 0) is 4.74 Å². The van der Waals surface area contributed by atoms with Gasteiger partial charge in [-0.15, -0.1) is 11.3 Å². The molecule has 0 amide bonds. The molecule has 0 atom stereocenters.